The Balaban J connectivity index is 2.12. The zero-order valence-corrected chi connectivity index (χ0v) is 12.4. The third-order valence-electron chi connectivity index (χ3n) is 3.35. The van der Waals surface area contributed by atoms with E-state index in [1.807, 2.05) is 13.8 Å². The van der Waals surface area contributed by atoms with E-state index in [9.17, 15) is 0 Å². The zero-order chi connectivity index (χ0) is 13.8. The van der Waals surface area contributed by atoms with Gasteiger partial charge >= 0.3 is 0 Å². The molecular formula is C13H23N3O2S. The van der Waals surface area contributed by atoms with Crippen molar-refractivity contribution in [2.45, 2.75) is 39.2 Å². The third-order valence-corrected chi connectivity index (χ3v) is 4.26. The highest BCUT2D eigenvalue weighted by molar-refractivity contribution is 7.11. The van der Waals surface area contributed by atoms with Crippen molar-refractivity contribution < 1.29 is 9.84 Å². The zero-order valence-electron chi connectivity index (χ0n) is 11.6. The van der Waals surface area contributed by atoms with Crippen molar-refractivity contribution >= 4 is 22.4 Å². The SMILES string of the molecule is CC(C)Oc1c(N)nsc1N1CCCC(CCO)C1. The number of aromatic nitrogens is 1. The summed E-state index contributed by atoms with van der Waals surface area (Å²) in [7, 11) is 0. The van der Waals surface area contributed by atoms with E-state index in [-0.39, 0.29) is 12.7 Å². The molecule has 1 unspecified atom stereocenters. The van der Waals surface area contributed by atoms with Crippen LogP contribution in [0.3, 0.4) is 0 Å². The Hall–Kier alpha value is -1.01. The van der Waals surface area contributed by atoms with Crippen LogP contribution in [0.1, 0.15) is 33.1 Å². The molecule has 19 heavy (non-hydrogen) atoms. The molecule has 2 heterocycles. The summed E-state index contributed by atoms with van der Waals surface area (Å²) < 4.78 is 10.0. The number of rotatable bonds is 5. The Morgan fingerprint density at radius 2 is 2.37 bits per heavy atom. The number of ether oxygens (including phenoxy) is 1. The highest BCUT2D eigenvalue weighted by Gasteiger charge is 2.25. The fourth-order valence-electron chi connectivity index (χ4n) is 2.50. The highest BCUT2D eigenvalue weighted by Crippen LogP contribution is 2.40. The van der Waals surface area contributed by atoms with Gasteiger partial charge < -0.3 is 20.5 Å². The normalized spacial score (nSPS) is 20.0. The van der Waals surface area contributed by atoms with Gasteiger partial charge in [0.1, 0.15) is 0 Å². The van der Waals surface area contributed by atoms with Crippen molar-refractivity contribution in [1.29, 1.82) is 0 Å². The van der Waals surface area contributed by atoms with Gasteiger partial charge in [-0.25, -0.2) is 0 Å². The van der Waals surface area contributed by atoms with Gasteiger partial charge in [0.15, 0.2) is 16.6 Å². The van der Waals surface area contributed by atoms with Gasteiger partial charge in [-0.1, -0.05) is 0 Å². The van der Waals surface area contributed by atoms with E-state index < -0.39 is 0 Å². The van der Waals surface area contributed by atoms with Crippen LogP contribution in [0.15, 0.2) is 0 Å². The lowest BCUT2D eigenvalue weighted by Gasteiger charge is -2.33. The number of hydrogen-bond acceptors (Lipinski definition) is 6. The van der Waals surface area contributed by atoms with E-state index in [0.717, 1.165) is 36.7 Å². The lowest BCUT2D eigenvalue weighted by Crippen LogP contribution is -2.35. The molecule has 6 heteroatoms. The van der Waals surface area contributed by atoms with Crippen LogP contribution in [-0.2, 0) is 0 Å². The Kier molecular flexibility index (Phi) is 4.87. The molecule has 1 aliphatic rings. The van der Waals surface area contributed by atoms with E-state index in [0.29, 0.717) is 11.7 Å². The number of nitrogen functional groups attached to an aromatic ring is 1. The molecule has 1 aromatic heterocycles. The maximum atomic E-state index is 9.08. The van der Waals surface area contributed by atoms with Gasteiger partial charge in [0, 0.05) is 19.7 Å². The van der Waals surface area contributed by atoms with E-state index in [4.69, 9.17) is 15.6 Å². The van der Waals surface area contributed by atoms with Crippen LogP contribution in [0.5, 0.6) is 5.75 Å². The fraction of sp³-hybridized carbons (Fsp3) is 0.769. The van der Waals surface area contributed by atoms with Crippen molar-refractivity contribution in [3.8, 4) is 5.75 Å². The van der Waals surface area contributed by atoms with Crippen molar-refractivity contribution in [3.63, 3.8) is 0 Å². The van der Waals surface area contributed by atoms with Crippen LogP contribution in [0, 0.1) is 5.92 Å². The maximum absolute atomic E-state index is 9.08. The summed E-state index contributed by atoms with van der Waals surface area (Å²) >= 11 is 1.41. The number of piperidine rings is 1. The van der Waals surface area contributed by atoms with Crippen molar-refractivity contribution in [3.05, 3.63) is 0 Å². The predicted molar refractivity (Wildman–Crippen MR) is 78.9 cm³/mol. The molecule has 1 saturated heterocycles. The molecule has 3 N–H and O–H groups in total. The van der Waals surface area contributed by atoms with Crippen LogP contribution in [-0.4, -0.2) is 35.3 Å². The van der Waals surface area contributed by atoms with Crippen LogP contribution >= 0.6 is 11.5 Å². The van der Waals surface area contributed by atoms with Gasteiger partial charge in [0.2, 0.25) is 0 Å². The minimum absolute atomic E-state index is 0.0930. The molecule has 1 aromatic rings. The molecule has 1 fully saturated rings. The third kappa shape index (κ3) is 3.51. The largest absolute Gasteiger partial charge is 0.484 e. The van der Waals surface area contributed by atoms with Crippen LogP contribution in [0.25, 0.3) is 0 Å². The number of hydrogen-bond donors (Lipinski definition) is 2. The van der Waals surface area contributed by atoms with E-state index in [1.54, 1.807) is 0 Å². The van der Waals surface area contributed by atoms with Crippen molar-refractivity contribution in [2.24, 2.45) is 5.92 Å². The van der Waals surface area contributed by atoms with Crippen molar-refractivity contribution in [1.82, 2.24) is 4.37 Å². The van der Waals surface area contributed by atoms with Gasteiger partial charge in [0.25, 0.3) is 0 Å². The minimum atomic E-state index is 0.0930. The molecule has 1 atom stereocenters. The molecule has 2 rings (SSSR count). The summed E-state index contributed by atoms with van der Waals surface area (Å²) in [5, 5.41) is 10.1. The van der Waals surface area contributed by atoms with Crippen LogP contribution in [0.4, 0.5) is 10.8 Å². The first-order valence-corrected chi connectivity index (χ1v) is 7.66. The molecule has 0 spiro atoms. The molecule has 108 valence electrons. The summed E-state index contributed by atoms with van der Waals surface area (Å²) in [4.78, 5) is 2.30. The second-order valence-electron chi connectivity index (χ2n) is 5.34. The topological polar surface area (TPSA) is 71.6 Å². The first-order valence-electron chi connectivity index (χ1n) is 6.89. The van der Waals surface area contributed by atoms with Gasteiger partial charge in [-0.2, -0.15) is 4.37 Å². The Bertz CT molecular complexity index is 407. The van der Waals surface area contributed by atoms with E-state index in [2.05, 4.69) is 9.27 Å². The van der Waals surface area contributed by atoms with Gasteiger partial charge in [-0.05, 0) is 50.6 Å². The summed E-state index contributed by atoms with van der Waals surface area (Å²) in [6.07, 6.45) is 3.29. The average Bonchev–Trinajstić information content (AvgIpc) is 2.71. The number of aliphatic hydroxyl groups excluding tert-OH is 1. The maximum Gasteiger partial charge on any atom is 0.198 e. The Morgan fingerprint density at radius 3 is 3.05 bits per heavy atom. The first-order chi connectivity index (χ1) is 9.11. The molecule has 1 aliphatic heterocycles. The monoisotopic (exact) mass is 285 g/mol. The van der Waals surface area contributed by atoms with Crippen molar-refractivity contribution in [2.75, 3.05) is 30.3 Å². The predicted octanol–water partition coefficient (Wildman–Crippen LogP) is 2.11. The summed E-state index contributed by atoms with van der Waals surface area (Å²) in [6.45, 7) is 6.21. The molecule has 0 bridgehead atoms. The van der Waals surface area contributed by atoms with Crippen LogP contribution < -0.4 is 15.4 Å². The number of nitrogens with two attached hydrogens (primary N) is 1. The average molecular weight is 285 g/mol. The van der Waals surface area contributed by atoms with Gasteiger partial charge in [0.05, 0.1) is 6.10 Å². The standard InChI is InChI=1S/C13H23N3O2S/c1-9(2)18-11-12(14)15-19-13(11)16-6-3-4-10(8-16)5-7-17/h9-10,17H,3-8H2,1-2H3,(H2,14,15). The second-order valence-corrected chi connectivity index (χ2v) is 6.09. The number of nitrogens with zero attached hydrogens (tertiary/aromatic N) is 2. The fourth-order valence-corrected chi connectivity index (χ4v) is 3.29. The van der Waals surface area contributed by atoms with Gasteiger partial charge in [-0.3, -0.25) is 0 Å². The summed E-state index contributed by atoms with van der Waals surface area (Å²) in [6, 6.07) is 0. The molecule has 0 saturated carbocycles. The molecule has 0 amide bonds. The smallest absolute Gasteiger partial charge is 0.198 e. The number of anilines is 2. The van der Waals surface area contributed by atoms with Gasteiger partial charge in [-0.15, -0.1) is 0 Å². The molecule has 5 nitrogen and oxygen atoms in total. The lowest BCUT2D eigenvalue weighted by molar-refractivity contribution is 0.238. The van der Waals surface area contributed by atoms with E-state index >= 15 is 0 Å². The first kappa shape index (κ1) is 14.4. The molecular weight excluding hydrogens is 262 g/mol. The summed E-state index contributed by atoms with van der Waals surface area (Å²) in [5.74, 6) is 1.76. The minimum Gasteiger partial charge on any atom is -0.484 e. The van der Waals surface area contributed by atoms with E-state index in [1.165, 1.54) is 18.0 Å². The number of aliphatic hydroxyl groups is 1. The Labute approximate surface area is 118 Å². The lowest BCUT2D eigenvalue weighted by atomic mass is 9.95. The molecule has 0 radical (unpaired) electrons. The second kappa shape index (κ2) is 6.43. The van der Waals surface area contributed by atoms with Crippen LogP contribution in [0.2, 0.25) is 0 Å². The molecule has 0 aliphatic carbocycles. The summed E-state index contributed by atoms with van der Waals surface area (Å²) in [5.41, 5.74) is 5.90. The Morgan fingerprint density at radius 1 is 1.58 bits per heavy atom. The molecule has 0 aromatic carbocycles. The quantitative estimate of drug-likeness (QED) is 0.867. The highest BCUT2D eigenvalue weighted by atomic mass is 32.1.